The van der Waals surface area contributed by atoms with E-state index >= 15 is 0 Å². The number of benzene rings is 2. The predicted molar refractivity (Wildman–Crippen MR) is 70.1 cm³/mol. The summed E-state index contributed by atoms with van der Waals surface area (Å²) in [6, 6.07) is 9.29. The molecule has 0 heterocycles. The molecule has 2 aromatic carbocycles. The highest BCUT2D eigenvalue weighted by atomic mass is 32.2. The molecular formula is C13H12FNO3S. The maximum Gasteiger partial charge on any atom is 0.261 e. The number of anilines is 1. The summed E-state index contributed by atoms with van der Waals surface area (Å²) in [5, 5.41) is 9.24. The van der Waals surface area contributed by atoms with Crippen molar-refractivity contribution < 1.29 is 17.9 Å². The van der Waals surface area contributed by atoms with Gasteiger partial charge in [-0.2, -0.15) is 0 Å². The van der Waals surface area contributed by atoms with Crippen molar-refractivity contribution in [1.82, 2.24) is 0 Å². The van der Waals surface area contributed by atoms with Crippen LogP contribution in [0.4, 0.5) is 10.1 Å². The van der Waals surface area contributed by atoms with Gasteiger partial charge in [0.2, 0.25) is 0 Å². The maximum absolute atomic E-state index is 13.4. The number of hydrogen-bond donors (Lipinski definition) is 2. The molecule has 4 nitrogen and oxygen atoms in total. The third-order valence-electron chi connectivity index (χ3n) is 2.53. The molecule has 19 heavy (non-hydrogen) atoms. The summed E-state index contributed by atoms with van der Waals surface area (Å²) in [6.45, 7) is 1.83. The summed E-state index contributed by atoms with van der Waals surface area (Å²) in [7, 11) is -3.87. The molecule has 0 aliphatic rings. The Hall–Kier alpha value is -2.08. The quantitative estimate of drug-likeness (QED) is 0.909. The van der Waals surface area contributed by atoms with E-state index in [2.05, 4.69) is 4.72 Å². The van der Waals surface area contributed by atoms with Crippen molar-refractivity contribution in [2.24, 2.45) is 0 Å². The Morgan fingerprint density at radius 1 is 1.11 bits per heavy atom. The lowest BCUT2D eigenvalue weighted by molar-refractivity contribution is 0.473. The van der Waals surface area contributed by atoms with Crippen LogP contribution in [0.5, 0.6) is 5.75 Å². The number of hydrogen-bond acceptors (Lipinski definition) is 3. The first-order chi connectivity index (χ1) is 8.88. The summed E-state index contributed by atoms with van der Waals surface area (Å²) in [4.78, 5) is 0.0286. The smallest absolute Gasteiger partial charge is 0.261 e. The van der Waals surface area contributed by atoms with Crippen LogP contribution in [0, 0.1) is 12.7 Å². The topological polar surface area (TPSA) is 66.4 Å². The van der Waals surface area contributed by atoms with Gasteiger partial charge in [-0.15, -0.1) is 0 Å². The summed E-state index contributed by atoms with van der Waals surface area (Å²) >= 11 is 0. The molecule has 100 valence electrons. The number of phenolic OH excluding ortho intramolecular Hbond substituents is 1. The number of phenols is 1. The summed E-state index contributed by atoms with van der Waals surface area (Å²) < 4.78 is 39.6. The molecule has 0 atom stereocenters. The number of halogens is 1. The summed E-state index contributed by atoms with van der Waals surface area (Å²) in [6.07, 6.45) is 0. The largest absolute Gasteiger partial charge is 0.508 e. The Balaban J connectivity index is 2.36. The van der Waals surface area contributed by atoms with Crippen molar-refractivity contribution in [2.45, 2.75) is 11.8 Å². The van der Waals surface area contributed by atoms with E-state index in [1.54, 1.807) is 12.1 Å². The molecule has 2 rings (SSSR count). The van der Waals surface area contributed by atoms with Crippen molar-refractivity contribution in [3.05, 3.63) is 53.8 Å². The van der Waals surface area contributed by atoms with Gasteiger partial charge in [0.15, 0.2) is 0 Å². The van der Waals surface area contributed by atoms with Crippen LogP contribution in [0.1, 0.15) is 5.56 Å². The van der Waals surface area contributed by atoms with Crippen LogP contribution < -0.4 is 4.72 Å². The predicted octanol–water partition coefficient (Wildman–Crippen LogP) is 2.64. The molecule has 0 saturated heterocycles. The molecule has 6 heteroatoms. The number of rotatable bonds is 3. The van der Waals surface area contributed by atoms with E-state index in [9.17, 15) is 17.9 Å². The van der Waals surface area contributed by atoms with Crippen LogP contribution in [0.25, 0.3) is 0 Å². The molecule has 0 aliphatic heterocycles. The van der Waals surface area contributed by atoms with Gasteiger partial charge in [-0.1, -0.05) is 17.7 Å². The SMILES string of the molecule is Cc1ccc(S(=O)(=O)Nc2cc(O)ccc2F)cc1. The molecule has 0 fully saturated rings. The molecule has 2 N–H and O–H groups in total. The minimum atomic E-state index is -3.87. The van der Waals surface area contributed by atoms with E-state index in [1.165, 1.54) is 12.1 Å². The lowest BCUT2D eigenvalue weighted by Gasteiger charge is -2.09. The van der Waals surface area contributed by atoms with E-state index < -0.39 is 15.8 Å². The van der Waals surface area contributed by atoms with Crippen molar-refractivity contribution in [1.29, 1.82) is 0 Å². The van der Waals surface area contributed by atoms with Gasteiger partial charge in [-0.05, 0) is 31.2 Å². The Morgan fingerprint density at radius 2 is 1.74 bits per heavy atom. The van der Waals surface area contributed by atoms with Gasteiger partial charge in [0.05, 0.1) is 10.6 Å². The Bertz CT molecular complexity index is 696. The van der Waals surface area contributed by atoms with Crippen LogP contribution in [0.2, 0.25) is 0 Å². The first-order valence-electron chi connectivity index (χ1n) is 5.46. The van der Waals surface area contributed by atoms with Gasteiger partial charge in [0.25, 0.3) is 10.0 Å². The van der Waals surface area contributed by atoms with Crippen LogP contribution in [-0.2, 0) is 10.0 Å². The Kier molecular flexibility index (Phi) is 3.44. The van der Waals surface area contributed by atoms with Crippen molar-refractivity contribution in [2.75, 3.05) is 4.72 Å². The van der Waals surface area contributed by atoms with Crippen LogP contribution in [0.15, 0.2) is 47.4 Å². The molecule has 0 aliphatic carbocycles. The third-order valence-corrected chi connectivity index (χ3v) is 3.91. The highest BCUT2D eigenvalue weighted by Crippen LogP contribution is 2.23. The van der Waals surface area contributed by atoms with Crippen LogP contribution in [0.3, 0.4) is 0 Å². The lowest BCUT2D eigenvalue weighted by atomic mass is 10.2. The maximum atomic E-state index is 13.4. The molecule has 2 aromatic rings. The molecule has 0 radical (unpaired) electrons. The van der Waals surface area contributed by atoms with Crippen LogP contribution >= 0.6 is 0 Å². The standard InChI is InChI=1S/C13H12FNO3S/c1-9-2-5-11(6-3-9)19(17,18)15-13-8-10(16)4-7-12(13)14/h2-8,15-16H,1H3. The molecule has 0 spiro atoms. The van der Waals surface area contributed by atoms with Gasteiger partial charge >= 0.3 is 0 Å². The fourth-order valence-corrected chi connectivity index (χ4v) is 2.57. The van der Waals surface area contributed by atoms with E-state index in [1.807, 2.05) is 6.92 Å². The second-order valence-corrected chi connectivity index (χ2v) is 5.77. The lowest BCUT2D eigenvalue weighted by Crippen LogP contribution is -2.13. The van der Waals surface area contributed by atoms with Gasteiger partial charge in [0.1, 0.15) is 11.6 Å². The summed E-state index contributed by atoms with van der Waals surface area (Å²) in [5.74, 6) is -0.975. The van der Waals surface area contributed by atoms with E-state index in [0.717, 1.165) is 23.8 Å². The normalized spacial score (nSPS) is 11.3. The highest BCUT2D eigenvalue weighted by molar-refractivity contribution is 7.92. The van der Waals surface area contributed by atoms with Gasteiger partial charge in [-0.3, -0.25) is 4.72 Å². The first kappa shape index (κ1) is 13.4. The second-order valence-electron chi connectivity index (χ2n) is 4.08. The molecule has 0 amide bonds. The van der Waals surface area contributed by atoms with Gasteiger partial charge in [0, 0.05) is 6.07 Å². The minimum absolute atomic E-state index is 0.0286. The zero-order chi connectivity index (χ0) is 14.0. The fourth-order valence-electron chi connectivity index (χ4n) is 1.51. The Morgan fingerprint density at radius 3 is 2.37 bits per heavy atom. The van der Waals surface area contributed by atoms with E-state index in [-0.39, 0.29) is 16.3 Å². The highest BCUT2D eigenvalue weighted by Gasteiger charge is 2.16. The fraction of sp³-hybridized carbons (Fsp3) is 0.0769. The summed E-state index contributed by atoms with van der Waals surface area (Å²) in [5.41, 5.74) is 0.628. The molecule has 0 bridgehead atoms. The second kappa shape index (κ2) is 4.89. The zero-order valence-corrected chi connectivity index (χ0v) is 10.9. The third kappa shape index (κ3) is 3.03. The number of aromatic hydroxyl groups is 1. The average molecular weight is 281 g/mol. The minimum Gasteiger partial charge on any atom is -0.508 e. The van der Waals surface area contributed by atoms with Crippen molar-refractivity contribution in [3.63, 3.8) is 0 Å². The van der Waals surface area contributed by atoms with E-state index in [0.29, 0.717) is 0 Å². The molecule has 0 aromatic heterocycles. The average Bonchev–Trinajstić information content (AvgIpc) is 2.34. The number of aryl methyl sites for hydroxylation is 1. The monoisotopic (exact) mass is 281 g/mol. The number of nitrogens with one attached hydrogen (secondary N) is 1. The Labute approximate surface area is 110 Å². The molecular weight excluding hydrogens is 269 g/mol. The van der Waals surface area contributed by atoms with Gasteiger partial charge in [-0.25, -0.2) is 12.8 Å². The van der Waals surface area contributed by atoms with Crippen LogP contribution in [-0.4, -0.2) is 13.5 Å². The van der Waals surface area contributed by atoms with E-state index in [4.69, 9.17) is 0 Å². The zero-order valence-electron chi connectivity index (χ0n) is 10.1. The molecule has 0 saturated carbocycles. The number of sulfonamides is 1. The van der Waals surface area contributed by atoms with Gasteiger partial charge < -0.3 is 5.11 Å². The van der Waals surface area contributed by atoms with Crippen molar-refractivity contribution >= 4 is 15.7 Å². The first-order valence-corrected chi connectivity index (χ1v) is 6.95. The molecule has 0 unspecified atom stereocenters. The van der Waals surface area contributed by atoms with Crippen molar-refractivity contribution in [3.8, 4) is 5.75 Å².